The summed E-state index contributed by atoms with van der Waals surface area (Å²) >= 11 is 0. The molecule has 2 N–H and O–H groups in total. The van der Waals surface area contributed by atoms with Crippen LogP contribution in [0.15, 0.2) is 60.7 Å². The fraction of sp³-hybridized carbons (Fsp3) is 0.316. The van der Waals surface area contributed by atoms with Gasteiger partial charge in [-0.3, -0.25) is 4.79 Å². The van der Waals surface area contributed by atoms with Crippen LogP contribution in [-0.2, 0) is 14.9 Å². The molecular formula is C19H23NO2. The zero-order valence-electron chi connectivity index (χ0n) is 13.0. The third kappa shape index (κ3) is 3.20. The summed E-state index contributed by atoms with van der Waals surface area (Å²) in [5.41, 5.74) is 6.65. The Balaban J connectivity index is 2.57. The number of hydrogen-bond acceptors (Lipinski definition) is 3. The molecule has 2 rings (SSSR count). The van der Waals surface area contributed by atoms with E-state index in [-0.39, 0.29) is 12.6 Å². The number of carbonyl (C=O) groups excluding carboxylic acids is 1. The molecule has 0 unspecified atom stereocenters. The van der Waals surface area contributed by atoms with E-state index in [1.165, 1.54) is 0 Å². The van der Waals surface area contributed by atoms with E-state index in [9.17, 15) is 4.79 Å². The maximum atomic E-state index is 12.9. The molecule has 0 spiro atoms. The highest BCUT2D eigenvalue weighted by Gasteiger charge is 2.42. The molecule has 0 saturated heterocycles. The summed E-state index contributed by atoms with van der Waals surface area (Å²) < 4.78 is 5.45. The number of esters is 1. The Morgan fingerprint density at radius 3 is 1.91 bits per heavy atom. The number of hydrogen-bond donors (Lipinski definition) is 1. The first-order valence-electron chi connectivity index (χ1n) is 7.74. The molecule has 3 nitrogen and oxygen atoms in total. The van der Waals surface area contributed by atoms with Crippen LogP contribution in [0.1, 0.15) is 30.9 Å². The molecule has 0 heterocycles. The first-order valence-corrected chi connectivity index (χ1v) is 7.74. The zero-order chi connectivity index (χ0) is 15.8. The monoisotopic (exact) mass is 297 g/mol. The average Bonchev–Trinajstić information content (AvgIpc) is 2.59. The van der Waals surface area contributed by atoms with Crippen molar-refractivity contribution in [2.24, 2.45) is 5.73 Å². The Hall–Kier alpha value is -2.13. The Bertz CT molecular complexity index is 541. The Morgan fingerprint density at radius 1 is 1.00 bits per heavy atom. The average molecular weight is 297 g/mol. The predicted molar refractivity (Wildman–Crippen MR) is 88.6 cm³/mol. The molecule has 0 aliphatic carbocycles. The van der Waals surface area contributed by atoms with Crippen molar-refractivity contribution in [2.45, 2.75) is 25.2 Å². The Morgan fingerprint density at radius 2 is 1.50 bits per heavy atom. The summed E-state index contributed by atoms with van der Waals surface area (Å²) in [6.45, 7) is 2.65. The first kappa shape index (κ1) is 16.2. The molecule has 22 heavy (non-hydrogen) atoms. The van der Waals surface area contributed by atoms with Gasteiger partial charge in [0.2, 0.25) is 0 Å². The molecule has 0 radical (unpaired) electrons. The molecule has 2 aromatic rings. The predicted octanol–water partition coefficient (Wildman–Crippen LogP) is 3.27. The SMILES string of the molecule is CCCC(C(=O)OCCN)(c1ccccc1)c1ccccc1. The highest BCUT2D eigenvalue weighted by molar-refractivity contribution is 5.87. The summed E-state index contributed by atoms with van der Waals surface area (Å²) in [6, 6.07) is 19.7. The van der Waals surface area contributed by atoms with Crippen LogP contribution in [0.3, 0.4) is 0 Å². The maximum Gasteiger partial charge on any atom is 0.321 e. The second kappa shape index (κ2) is 7.76. The number of ether oxygens (including phenoxy) is 1. The normalized spacial score (nSPS) is 11.2. The first-order chi connectivity index (χ1) is 10.8. The van der Waals surface area contributed by atoms with Crippen molar-refractivity contribution in [3.63, 3.8) is 0 Å². The molecule has 0 aliphatic rings. The van der Waals surface area contributed by atoms with E-state index in [1.807, 2.05) is 60.7 Å². The molecule has 0 atom stereocenters. The number of rotatable bonds is 7. The van der Waals surface area contributed by atoms with Gasteiger partial charge < -0.3 is 10.5 Å². The largest absolute Gasteiger partial charge is 0.463 e. The molecule has 0 amide bonds. The van der Waals surface area contributed by atoms with Gasteiger partial charge in [-0.05, 0) is 17.5 Å². The third-order valence-electron chi connectivity index (χ3n) is 3.86. The topological polar surface area (TPSA) is 52.3 Å². The molecule has 0 aromatic heterocycles. The van der Waals surface area contributed by atoms with Crippen LogP contribution in [0.5, 0.6) is 0 Å². The summed E-state index contributed by atoms with van der Waals surface area (Å²) in [4.78, 5) is 12.9. The second-order valence-corrected chi connectivity index (χ2v) is 5.31. The van der Waals surface area contributed by atoms with Gasteiger partial charge in [-0.1, -0.05) is 74.0 Å². The number of carbonyl (C=O) groups is 1. The van der Waals surface area contributed by atoms with Crippen LogP contribution in [0, 0.1) is 0 Å². The molecular weight excluding hydrogens is 274 g/mol. The molecule has 0 fully saturated rings. The summed E-state index contributed by atoms with van der Waals surface area (Å²) in [5.74, 6) is -0.225. The van der Waals surface area contributed by atoms with E-state index >= 15 is 0 Å². The van der Waals surface area contributed by atoms with Crippen molar-refractivity contribution >= 4 is 5.97 Å². The van der Waals surface area contributed by atoms with Crippen LogP contribution in [0.2, 0.25) is 0 Å². The molecule has 116 valence electrons. The Kier molecular flexibility index (Phi) is 5.73. The lowest BCUT2D eigenvalue weighted by molar-refractivity contribution is -0.149. The van der Waals surface area contributed by atoms with Crippen molar-refractivity contribution < 1.29 is 9.53 Å². The summed E-state index contributed by atoms with van der Waals surface area (Å²) in [7, 11) is 0. The Labute approximate surface area is 132 Å². The lowest BCUT2D eigenvalue weighted by atomic mass is 9.71. The minimum Gasteiger partial charge on any atom is -0.463 e. The van der Waals surface area contributed by atoms with E-state index in [1.54, 1.807) is 0 Å². The minimum absolute atomic E-state index is 0.225. The van der Waals surface area contributed by atoms with E-state index < -0.39 is 5.41 Å². The molecule has 0 saturated carbocycles. The van der Waals surface area contributed by atoms with Crippen LogP contribution in [-0.4, -0.2) is 19.1 Å². The van der Waals surface area contributed by atoms with Gasteiger partial charge >= 0.3 is 5.97 Å². The minimum atomic E-state index is -0.771. The van der Waals surface area contributed by atoms with Gasteiger partial charge in [-0.2, -0.15) is 0 Å². The number of benzene rings is 2. The maximum absolute atomic E-state index is 12.9. The smallest absolute Gasteiger partial charge is 0.321 e. The fourth-order valence-corrected chi connectivity index (χ4v) is 2.89. The standard InChI is InChI=1S/C19H23NO2/c1-2-13-19(18(21)22-15-14-20,16-9-5-3-6-10-16)17-11-7-4-8-12-17/h3-12H,2,13-15,20H2,1H3. The van der Waals surface area contributed by atoms with Crippen LogP contribution in [0.4, 0.5) is 0 Å². The van der Waals surface area contributed by atoms with Crippen molar-refractivity contribution in [3.05, 3.63) is 71.8 Å². The van der Waals surface area contributed by atoms with Crippen molar-refractivity contribution in [2.75, 3.05) is 13.2 Å². The van der Waals surface area contributed by atoms with Gasteiger partial charge in [0.1, 0.15) is 12.0 Å². The van der Waals surface area contributed by atoms with Gasteiger partial charge in [0.25, 0.3) is 0 Å². The highest BCUT2D eigenvalue weighted by Crippen LogP contribution is 2.38. The van der Waals surface area contributed by atoms with Crippen molar-refractivity contribution in [1.29, 1.82) is 0 Å². The number of nitrogens with two attached hydrogens (primary N) is 1. The highest BCUT2D eigenvalue weighted by atomic mass is 16.5. The third-order valence-corrected chi connectivity index (χ3v) is 3.86. The second-order valence-electron chi connectivity index (χ2n) is 5.31. The van der Waals surface area contributed by atoms with Crippen molar-refractivity contribution in [1.82, 2.24) is 0 Å². The molecule has 2 aromatic carbocycles. The molecule has 0 bridgehead atoms. The molecule has 0 aliphatic heterocycles. The van der Waals surface area contributed by atoms with E-state index in [4.69, 9.17) is 10.5 Å². The van der Waals surface area contributed by atoms with Gasteiger partial charge in [0.05, 0.1) is 0 Å². The zero-order valence-corrected chi connectivity index (χ0v) is 13.0. The van der Waals surface area contributed by atoms with Crippen LogP contribution >= 0.6 is 0 Å². The fourth-order valence-electron chi connectivity index (χ4n) is 2.89. The van der Waals surface area contributed by atoms with Gasteiger partial charge in [0, 0.05) is 6.54 Å². The lowest BCUT2D eigenvalue weighted by Crippen LogP contribution is -2.39. The van der Waals surface area contributed by atoms with Crippen LogP contribution < -0.4 is 5.73 Å². The van der Waals surface area contributed by atoms with Gasteiger partial charge in [-0.25, -0.2) is 0 Å². The van der Waals surface area contributed by atoms with Gasteiger partial charge in [0.15, 0.2) is 0 Å². The van der Waals surface area contributed by atoms with Crippen molar-refractivity contribution in [3.8, 4) is 0 Å². The lowest BCUT2D eigenvalue weighted by Gasteiger charge is -2.32. The molecule has 3 heteroatoms. The van der Waals surface area contributed by atoms with E-state index in [2.05, 4.69) is 6.92 Å². The van der Waals surface area contributed by atoms with Crippen LogP contribution in [0.25, 0.3) is 0 Å². The summed E-state index contributed by atoms with van der Waals surface area (Å²) in [6.07, 6.45) is 1.58. The van der Waals surface area contributed by atoms with Gasteiger partial charge in [-0.15, -0.1) is 0 Å². The van der Waals surface area contributed by atoms with E-state index in [0.717, 1.165) is 17.5 Å². The summed E-state index contributed by atoms with van der Waals surface area (Å²) in [5, 5.41) is 0. The van der Waals surface area contributed by atoms with E-state index in [0.29, 0.717) is 13.0 Å². The quantitative estimate of drug-likeness (QED) is 0.798.